The Balaban J connectivity index is 2.45. The Morgan fingerprint density at radius 2 is 2.28 bits per heavy atom. The molecule has 18 heavy (non-hydrogen) atoms. The maximum atomic E-state index is 11.9. The average Bonchev–Trinajstić information content (AvgIpc) is 2.79. The lowest BCUT2D eigenvalue weighted by Gasteiger charge is -2.16. The molecular formula is C11H19NO5S. The maximum Gasteiger partial charge on any atom is 0.329 e. The van der Waals surface area contributed by atoms with Gasteiger partial charge in [0.15, 0.2) is 0 Å². The van der Waals surface area contributed by atoms with Gasteiger partial charge in [-0.05, 0) is 12.8 Å². The number of ether oxygens (including phenoxy) is 2. The second-order valence-corrected chi connectivity index (χ2v) is 5.73. The fourth-order valence-corrected chi connectivity index (χ4v) is 3.20. The second-order valence-electron chi connectivity index (χ2n) is 4.18. The summed E-state index contributed by atoms with van der Waals surface area (Å²) in [5, 5.41) is 2.44. The van der Waals surface area contributed by atoms with E-state index in [0.29, 0.717) is 12.4 Å². The van der Waals surface area contributed by atoms with E-state index in [1.807, 2.05) is 0 Å². The van der Waals surface area contributed by atoms with Crippen molar-refractivity contribution >= 4 is 22.7 Å². The quantitative estimate of drug-likeness (QED) is 0.668. The molecule has 104 valence electrons. The summed E-state index contributed by atoms with van der Waals surface area (Å²) in [4.78, 5) is 22.4. The van der Waals surface area contributed by atoms with Crippen molar-refractivity contribution in [2.24, 2.45) is 0 Å². The first-order chi connectivity index (χ1) is 8.52. The largest absolute Gasteiger partial charge is 0.467 e. The average molecular weight is 277 g/mol. The lowest BCUT2D eigenvalue weighted by atomic mass is 10.3. The van der Waals surface area contributed by atoms with Crippen molar-refractivity contribution < 1.29 is 23.3 Å². The highest BCUT2D eigenvalue weighted by molar-refractivity contribution is 7.85. The predicted octanol–water partition coefficient (Wildman–Crippen LogP) is -0.408. The second kappa shape index (κ2) is 7.48. The number of hydrogen-bond acceptors (Lipinski definition) is 5. The number of hydrogen-bond donors (Lipinski definition) is 1. The summed E-state index contributed by atoms with van der Waals surface area (Å²) >= 11 is 0. The van der Waals surface area contributed by atoms with Crippen LogP contribution in [0.25, 0.3) is 0 Å². The number of nitrogens with one attached hydrogen (secondary N) is 1. The van der Waals surface area contributed by atoms with Crippen molar-refractivity contribution in [2.75, 3.05) is 25.2 Å². The smallest absolute Gasteiger partial charge is 0.329 e. The summed E-state index contributed by atoms with van der Waals surface area (Å²) in [6.07, 6.45) is 1.88. The van der Waals surface area contributed by atoms with Crippen LogP contribution in [-0.4, -0.2) is 53.5 Å². The molecule has 1 aliphatic rings. The van der Waals surface area contributed by atoms with Crippen LogP contribution in [0.2, 0.25) is 0 Å². The van der Waals surface area contributed by atoms with Crippen molar-refractivity contribution in [1.82, 2.24) is 5.32 Å². The molecule has 0 spiro atoms. The minimum Gasteiger partial charge on any atom is -0.467 e. The molecule has 0 aromatic heterocycles. The number of esters is 1. The summed E-state index contributed by atoms with van der Waals surface area (Å²) in [6.45, 7) is 2.01. The molecule has 1 heterocycles. The monoisotopic (exact) mass is 277 g/mol. The summed E-state index contributed by atoms with van der Waals surface area (Å²) in [6, 6.07) is -0.852. The van der Waals surface area contributed by atoms with Crippen molar-refractivity contribution in [3.8, 4) is 0 Å². The van der Waals surface area contributed by atoms with E-state index in [1.54, 1.807) is 0 Å². The van der Waals surface area contributed by atoms with Crippen LogP contribution in [-0.2, 0) is 29.9 Å². The van der Waals surface area contributed by atoms with Crippen LogP contribution < -0.4 is 5.32 Å². The number of carbonyl (C=O) groups is 2. The van der Waals surface area contributed by atoms with E-state index in [0.717, 1.165) is 12.8 Å². The first kappa shape index (κ1) is 15.1. The molecule has 1 rings (SSSR count). The summed E-state index contributed by atoms with van der Waals surface area (Å²) in [5.41, 5.74) is 0. The van der Waals surface area contributed by atoms with Crippen molar-refractivity contribution in [3.05, 3.63) is 0 Å². The van der Waals surface area contributed by atoms with Gasteiger partial charge in [-0.15, -0.1) is 0 Å². The molecule has 1 amide bonds. The van der Waals surface area contributed by atoms with Gasteiger partial charge in [-0.1, -0.05) is 0 Å². The highest BCUT2D eigenvalue weighted by atomic mass is 32.2. The molecule has 7 heteroatoms. The number of carbonyl (C=O) groups excluding carboxylic acids is 2. The molecule has 0 radical (unpaired) electrons. The summed E-state index contributed by atoms with van der Waals surface area (Å²) in [5.74, 6) is -0.468. The van der Waals surface area contributed by atoms with E-state index >= 15 is 0 Å². The fourth-order valence-electron chi connectivity index (χ4n) is 1.79. The molecule has 1 fully saturated rings. The lowest BCUT2D eigenvalue weighted by Crippen LogP contribution is -2.44. The van der Waals surface area contributed by atoms with Gasteiger partial charge in [0.25, 0.3) is 0 Å². The van der Waals surface area contributed by atoms with Gasteiger partial charge in [0, 0.05) is 30.1 Å². The van der Waals surface area contributed by atoms with Gasteiger partial charge in [0.05, 0.1) is 19.0 Å². The Bertz CT molecular complexity index is 327. The molecule has 1 saturated heterocycles. The van der Waals surface area contributed by atoms with Gasteiger partial charge in [0.1, 0.15) is 6.04 Å². The Morgan fingerprint density at radius 3 is 2.78 bits per heavy atom. The third kappa shape index (κ3) is 5.14. The van der Waals surface area contributed by atoms with E-state index < -0.39 is 22.8 Å². The normalized spacial score (nSPS) is 22.2. The Labute approximate surface area is 109 Å². The molecule has 1 aliphatic heterocycles. The summed E-state index contributed by atoms with van der Waals surface area (Å²) in [7, 11) is 0.0172. The van der Waals surface area contributed by atoms with Gasteiger partial charge >= 0.3 is 5.97 Å². The Morgan fingerprint density at radius 1 is 1.56 bits per heavy atom. The van der Waals surface area contributed by atoms with E-state index in [-0.39, 0.29) is 17.8 Å². The molecule has 0 saturated carbocycles. The van der Waals surface area contributed by atoms with Crippen LogP contribution in [0, 0.1) is 0 Å². The van der Waals surface area contributed by atoms with Crippen molar-refractivity contribution in [1.29, 1.82) is 0 Å². The molecule has 3 unspecified atom stereocenters. The van der Waals surface area contributed by atoms with E-state index in [1.165, 1.54) is 14.0 Å². The van der Waals surface area contributed by atoms with Gasteiger partial charge in [-0.25, -0.2) is 4.79 Å². The number of rotatable bonds is 6. The standard InChI is InChI=1S/C11H19NO5S/c1-8(13)12-10(11(14)16-2)7-18(15)6-9-4-3-5-17-9/h9-10H,3-7H2,1-2H3,(H,12,13). The Kier molecular flexibility index (Phi) is 6.28. The van der Waals surface area contributed by atoms with E-state index in [9.17, 15) is 13.8 Å². The first-order valence-electron chi connectivity index (χ1n) is 5.84. The minimum absolute atomic E-state index is 0.00135. The zero-order valence-electron chi connectivity index (χ0n) is 10.6. The van der Waals surface area contributed by atoms with Gasteiger partial charge < -0.3 is 14.8 Å². The zero-order chi connectivity index (χ0) is 13.5. The fraction of sp³-hybridized carbons (Fsp3) is 0.818. The molecule has 0 bridgehead atoms. The molecular weight excluding hydrogens is 258 g/mol. The zero-order valence-corrected chi connectivity index (χ0v) is 11.5. The Hall–Kier alpha value is -0.950. The molecule has 3 atom stereocenters. The molecule has 6 nitrogen and oxygen atoms in total. The van der Waals surface area contributed by atoms with E-state index in [2.05, 4.69) is 10.1 Å². The number of amides is 1. The van der Waals surface area contributed by atoms with Crippen LogP contribution >= 0.6 is 0 Å². The van der Waals surface area contributed by atoms with Crippen LogP contribution in [0.5, 0.6) is 0 Å². The lowest BCUT2D eigenvalue weighted by molar-refractivity contribution is -0.144. The van der Waals surface area contributed by atoms with Gasteiger partial charge in [0.2, 0.25) is 5.91 Å². The highest BCUT2D eigenvalue weighted by Gasteiger charge is 2.25. The van der Waals surface area contributed by atoms with Gasteiger partial charge in [-0.3, -0.25) is 9.00 Å². The first-order valence-corrected chi connectivity index (χ1v) is 7.33. The minimum atomic E-state index is -1.22. The molecule has 1 N–H and O–H groups in total. The van der Waals surface area contributed by atoms with Crippen LogP contribution in [0.4, 0.5) is 0 Å². The van der Waals surface area contributed by atoms with Crippen LogP contribution in [0.1, 0.15) is 19.8 Å². The van der Waals surface area contributed by atoms with Crippen LogP contribution in [0.15, 0.2) is 0 Å². The predicted molar refractivity (Wildman–Crippen MR) is 66.5 cm³/mol. The third-order valence-corrected chi connectivity index (χ3v) is 4.06. The van der Waals surface area contributed by atoms with Crippen molar-refractivity contribution in [3.63, 3.8) is 0 Å². The SMILES string of the molecule is COC(=O)C(CS(=O)CC1CCCO1)NC(C)=O. The van der Waals surface area contributed by atoms with Gasteiger partial charge in [-0.2, -0.15) is 0 Å². The van der Waals surface area contributed by atoms with Crippen molar-refractivity contribution in [2.45, 2.75) is 31.9 Å². The maximum absolute atomic E-state index is 11.9. The summed E-state index contributed by atoms with van der Waals surface area (Å²) < 4.78 is 21.8. The van der Waals surface area contributed by atoms with Crippen LogP contribution in [0.3, 0.4) is 0 Å². The molecule has 0 aliphatic carbocycles. The molecule has 0 aromatic carbocycles. The van der Waals surface area contributed by atoms with E-state index in [4.69, 9.17) is 4.74 Å². The number of methoxy groups -OCH3 is 1. The molecule has 0 aromatic rings. The highest BCUT2D eigenvalue weighted by Crippen LogP contribution is 2.13. The third-order valence-electron chi connectivity index (χ3n) is 2.61. The topological polar surface area (TPSA) is 81.7 Å².